The molecule has 1 saturated carbocycles. The summed E-state index contributed by atoms with van der Waals surface area (Å²) >= 11 is 6.04. The van der Waals surface area contributed by atoms with Gasteiger partial charge in [-0.15, -0.1) is 0 Å². The van der Waals surface area contributed by atoms with Crippen LogP contribution >= 0.6 is 11.6 Å². The molecule has 0 atom stereocenters. The normalized spacial score (nSPS) is 18.0. The molecule has 1 aliphatic heterocycles. The first-order valence-corrected chi connectivity index (χ1v) is 10.4. The Balaban J connectivity index is 1.29. The van der Waals surface area contributed by atoms with Crippen LogP contribution in [0.2, 0.25) is 5.02 Å². The van der Waals surface area contributed by atoms with Crippen molar-refractivity contribution in [3.05, 3.63) is 70.4 Å². The maximum absolute atomic E-state index is 13.0. The molecular weight excluding hydrogens is 370 g/mol. The fourth-order valence-electron chi connectivity index (χ4n) is 4.60. The van der Waals surface area contributed by atoms with E-state index in [9.17, 15) is 4.79 Å². The van der Waals surface area contributed by atoms with Gasteiger partial charge < -0.3 is 9.88 Å². The number of fused-ring (bicyclic) bond motifs is 3. The summed E-state index contributed by atoms with van der Waals surface area (Å²) in [5.74, 6) is 0.177. The van der Waals surface area contributed by atoms with Gasteiger partial charge in [-0.25, -0.2) is 0 Å². The highest BCUT2D eigenvalue weighted by Gasteiger charge is 2.39. The largest absolute Gasteiger partial charge is 0.358 e. The second kappa shape index (κ2) is 6.94. The molecular formula is C23H24ClN3O. The van der Waals surface area contributed by atoms with Crippen molar-refractivity contribution in [3.8, 4) is 0 Å². The number of amides is 1. The lowest BCUT2D eigenvalue weighted by Crippen LogP contribution is -2.52. The van der Waals surface area contributed by atoms with Crippen molar-refractivity contribution in [2.24, 2.45) is 0 Å². The van der Waals surface area contributed by atoms with Crippen LogP contribution in [-0.2, 0) is 23.3 Å². The van der Waals surface area contributed by atoms with E-state index in [1.807, 2.05) is 23.1 Å². The van der Waals surface area contributed by atoms with Crippen molar-refractivity contribution in [3.63, 3.8) is 0 Å². The molecule has 2 N–H and O–H groups in total. The van der Waals surface area contributed by atoms with E-state index in [0.717, 1.165) is 36.3 Å². The molecule has 5 rings (SSSR count). The number of benzene rings is 2. The number of hydrogen-bond donors (Lipinski definition) is 2. The Labute approximate surface area is 169 Å². The topological polar surface area (TPSA) is 48.1 Å². The van der Waals surface area contributed by atoms with Crippen LogP contribution in [0.25, 0.3) is 10.9 Å². The van der Waals surface area contributed by atoms with Crippen LogP contribution in [0, 0.1) is 0 Å². The summed E-state index contributed by atoms with van der Waals surface area (Å²) < 4.78 is 0. The number of carbonyl (C=O) groups excluding carboxylic acids is 1. The van der Waals surface area contributed by atoms with Crippen molar-refractivity contribution in [2.75, 3.05) is 13.1 Å². The van der Waals surface area contributed by atoms with Crippen LogP contribution in [0.1, 0.15) is 36.1 Å². The van der Waals surface area contributed by atoms with Crippen LogP contribution in [0.5, 0.6) is 0 Å². The summed E-state index contributed by atoms with van der Waals surface area (Å²) in [4.78, 5) is 18.5. The van der Waals surface area contributed by atoms with Gasteiger partial charge in [-0.05, 0) is 43.0 Å². The average Bonchev–Trinajstić information content (AvgIpc) is 3.06. The summed E-state index contributed by atoms with van der Waals surface area (Å²) in [6.45, 7) is 1.84. The first kappa shape index (κ1) is 17.8. The highest BCUT2D eigenvalue weighted by Crippen LogP contribution is 2.41. The Morgan fingerprint density at radius 3 is 2.68 bits per heavy atom. The van der Waals surface area contributed by atoms with Crippen molar-refractivity contribution >= 4 is 28.4 Å². The van der Waals surface area contributed by atoms with Crippen LogP contribution < -0.4 is 5.32 Å². The number of aromatic nitrogens is 1. The monoisotopic (exact) mass is 393 g/mol. The molecule has 0 saturated heterocycles. The molecule has 0 spiro atoms. The van der Waals surface area contributed by atoms with Gasteiger partial charge in [0, 0.05) is 52.2 Å². The zero-order chi connectivity index (χ0) is 19.1. The lowest BCUT2D eigenvalue weighted by Gasteiger charge is -2.43. The molecule has 0 radical (unpaired) electrons. The molecule has 2 heterocycles. The molecule has 0 unspecified atom stereocenters. The first-order valence-electron chi connectivity index (χ1n) is 10.0. The molecule has 1 fully saturated rings. The average molecular weight is 394 g/mol. The van der Waals surface area contributed by atoms with E-state index in [-0.39, 0.29) is 11.4 Å². The molecule has 5 heteroatoms. The van der Waals surface area contributed by atoms with Gasteiger partial charge in [-0.1, -0.05) is 41.9 Å². The minimum absolute atomic E-state index is 0.0814. The van der Waals surface area contributed by atoms with E-state index in [1.165, 1.54) is 28.6 Å². The Morgan fingerprint density at radius 2 is 1.93 bits per heavy atom. The summed E-state index contributed by atoms with van der Waals surface area (Å²) in [6, 6.07) is 16.4. The molecule has 28 heavy (non-hydrogen) atoms. The Morgan fingerprint density at radius 1 is 1.14 bits per heavy atom. The van der Waals surface area contributed by atoms with Crippen molar-refractivity contribution < 1.29 is 4.79 Å². The number of halogens is 1. The molecule has 3 aromatic rings. The van der Waals surface area contributed by atoms with E-state index in [0.29, 0.717) is 13.1 Å². The van der Waals surface area contributed by atoms with Gasteiger partial charge in [0.05, 0.1) is 6.54 Å². The number of hydrogen-bond acceptors (Lipinski definition) is 2. The molecule has 1 amide bonds. The van der Waals surface area contributed by atoms with E-state index >= 15 is 0 Å². The number of rotatable bonds is 4. The van der Waals surface area contributed by atoms with Gasteiger partial charge in [-0.3, -0.25) is 10.1 Å². The smallest absolute Gasteiger partial charge is 0.236 e. The van der Waals surface area contributed by atoms with Crippen LogP contribution in [0.4, 0.5) is 0 Å². The van der Waals surface area contributed by atoms with Crippen LogP contribution in [0.15, 0.2) is 48.5 Å². The maximum atomic E-state index is 13.0. The number of carbonyl (C=O) groups is 1. The number of H-pyrrole nitrogens is 1. The number of para-hydroxylation sites is 1. The van der Waals surface area contributed by atoms with E-state index in [4.69, 9.17) is 11.6 Å². The highest BCUT2D eigenvalue weighted by molar-refractivity contribution is 6.30. The fourth-order valence-corrected chi connectivity index (χ4v) is 4.73. The first-order chi connectivity index (χ1) is 13.6. The van der Waals surface area contributed by atoms with Gasteiger partial charge in [0.25, 0.3) is 0 Å². The van der Waals surface area contributed by atoms with Crippen molar-refractivity contribution in [1.29, 1.82) is 0 Å². The fraction of sp³-hybridized carbons (Fsp3) is 0.348. The van der Waals surface area contributed by atoms with Gasteiger partial charge in [0.2, 0.25) is 5.91 Å². The summed E-state index contributed by atoms with van der Waals surface area (Å²) in [5.41, 5.74) is 4.85. The third-order valence-electron chi connectivity index (χ3n) is 6.42. The Hall–Kier alpha value is -2.30. The molecule has 4 nitrogen and oxygen atoms in total. The minimum atomic E-state index is -0.0814. The Kier molecular flexibility index (Phi) is 4.41. The molecule has 1 aromatic heterocycles. The van der Waals surface area contributed by atoms with Crippen LogP contribution in [-0.4, -0.2) is 28.9 Å². The second-order valence-corrected chi connectivity index (χ2v) is 8.43. The predicted octanol–water partition coefficient (Wildman–Crippen LogP) is 4.38. The van der Waals surface area contributed by atoms with Gasteiger partial charge in [0.1, 0.15) is 0 Å². The quantitative estimate of drug-likeness (QED) is 0.691. The van der Waals surface area contributed by atoms with Gasteiger partial charge >= 0.3 is 0 Å². The lowest BCUT2D eigenvalue weighted by molar-refractivity contribution is -0.131. The zero-order valence-corrected chi connectivity index (χ0v) is 16.6. The standard InChI is InChI=1S/C23H24ClN3O/c24-17-8-6-16(7-9-17)23(11-3-12-23)25-14-22(28)27-13-10-21-19(15-27)18-4-1-2-5-20(18)26-21/h1-2,4-9,25-26H,3,10-15H2. The van der Waals surface area contributed by atoms with E-state index in [1.54, 1.807) is 0 Å². The summed E-state index contributed by atoms with van der Waals surface area (Å²) in [7, 11) is 0. The maximum Gasteiger partial charge on any atom is 0.236 e. The lowest BCUT2D eigenvalue weighted by atomic mass is 9.72. The SMILES string of the molecule is O=C(CNC1(c2ccc(Cl)cc2)CCC1)N1CCc2[nH]c3ccccc3c2C1. The number of nitrogens with one attached hydrogen (secondary N) is 2. The molecule has 0 bridgehead atoms. The summed E-state index contributed by atoms with van der Waals surface area (Å²) in [5, 5.41) is 5.56. The third kappa shape index (κ3) is 3.01. The number of nitrogens with zero attached hydrogens (tertiary/aromatic N) is 1. The van der Waals surface area contributed by atoms with Crippen molar-refractivity contribution in [1.82, 2.24) is 15.2 Å². The van der Waals surface area contributed by atoms with Gasteiger partial charge in [0.15, 0.2) is 0 Å². The minimum Gasteiger partial charge on any atom is -0.358 e. The van der Waals surface area contributed by atoms with E-state index in [2.05, 4.69) is 40.6 Å². The highest BCUT2D eigenvalue weighted by atomic mass is 35.5. The zero-order valence-electron chi connectivity index (χ0n) is 15.8. The molecule has 144 valence electrons. The third-order valence-corrected chi connectivity index (χ3v) is 6.67. The molecule has 2 aliphatic rings. The molecule has 1 aliphatic carbocycles. The predicted molar refractivity (Wildman–Crippen MR) is 112 cm³/mol. The number of aromatic amines is 1. The van der Waals surface area contributed by atoms with Gasteiger partial charge in [-0.2, -0.15) is 0 Å². The molecule has 2 aromatic carbocycles. The van der Waals surface area contributed by atoms with E-state index < -0.39 is 0 Å². The van der Waals surface area contributed by atoms with Crippen molar-refractivity contribution in [2.45, 2.75) is 37.8 Å². The second-order valence-electron chi connectivity index (χ2n) is 7.99. The van der Waals surface area contributed by atoms with Crippen LogP contribution in [0.3, 0.4) is 0 Å². The summed E-state index contributed by atoms with van der Waals surface area (Å²) in [6.07, 6.45) is 4.20. The Bertz CT molecular complexity index is 1020.